The SMILES string of the molecule is O=C(Nc1ccc(F)c(Cl)c1)c1cnc(-c2cccc(F)c2)nc1. The fraction of sp³-hybridized carbons (Fsp3) is 0. The second-order valence-electron chi connectivity index (χ2n) is 4.89. The smallest absolute Gasteiger partial charge is 0.258 e. The van der Waals surface area contributed by atoms with Gasteiger partial charge in [0, 0.05) is 23.6 Å². The summed E-state index contributed by atoms with van der Waals surface area (Å²) in [6, 6.07) is 9.68. The third-order valence-corrected chi connectivity index (χ3v) is 3.46. The number of amides is 1. The van der Waals surface area contributed by atoms with Crippen LogP contribution >= 0.6 is 11.6 Å². The molecule has 0 bridgehead atoms. The predicted octanol–water partition coefficient (Wildman–Crippen LogP) is 4.33. The molecule has 1 aromatic heterocycles. The molecule has 4 nitrogen and oxygen atoms in total. The highest BCUT2D eigenvalue weighted by molar-refractivity contribution is 6.31. The van der Waals surface area contributed by atoms with Crippen LogP contribution in [0.25, 0.3) is 11.4 Å². The first-order valence-electron chi connectivity index (χ1n) is 6.87. The molecule has 0 atom stereocenters. The van der Waals surface area contributed by atoms with Gasteiger partial charge in [-0.25, -0.2) is 18.7 Å². The maximum absolute atomic E-state index is 13.2. The van der Waals surface area contributed by atoms with Crippen LogP contribution in [0.5, 0.6) is 0 Å². The molecule has 0 saturated heterocycles. The molecule has 0 unspecified atom stereocenters. The van der Waals surface area contributed by atoms with Crippen molar-refractivity contribution in [2.45, 2.75) is 0 Å². The van der Waals surface area contributed by atoms with Gasteiger partial charge in [-0.2, -0.15) is 0 Å². The molecule has 0 radical (unpaired) electrons. The molecule has 120 valence electrons. The molecular weight excluding hydrogens is 336 g/mol. The number of nitrogens with one attached hydrogen (secondary N) is 1. The molecule has 2 aromatic carbocycles. The number of hydrogen-bond donors (Lipinski definition) is 1. The number of nitrogens with zero attached hydrogens (tertiary/aromatic N) is 2. The van der Waals surface area contributed by atoms with Gasteiger partial charge in [0.25, 0.3) is 5.91 Å². The van der Waals surface area contributed by atoms with Crippen LogP contribution in [0.2, 0.25) is 5.02 Å². The summed E-state index contributed by atoms with van der Waals surface area (Å²) < 4.78 is 26.3. The Morgan fingerprint density at radius 3 is 2.46 bits per heavy atom. The molecule has 0 aliphatic carbocycles. The molecule has 1 heterocycles. The lowest BCUT2D eigenvalue weighted by molar-refractivity contribution is 0.102. The number of hydrogen-bond acceptors (Lipinski definition) is 3. The summed E-state index contributed by atoms with van der Waals surface area (Å²) >= 11 is 5.66. The third kappa shape index (κ3) is 3.55. The predicted molar refractivity (Wildman–Crippen MR) is 86.8 cm³/mol. The van der Waals surface area contributed by atoms with Gasteiger partial charge in [0.15, 0.2) is 5.82 Å². The number of anilines is 1. The lowest BCUT2D eigenvalue weighted by Gasteiger charge is -2.06. The van der Waals surface area contributed by atoms with E-state index in [0.29, 0.717) is 17.1 Å². The zero-order valence-electron chi connectivity index (χ0n) is 12.1. The standard InChI is InChI=1S/C17H10ClF2N3O/c18-14-7-13(4-5-15(14)20)23-17(24)11-8-21-16(22-9-11)10-2-1-3-12(19)6-10/h1-9H,(H,23,24). The molecule has 0 aliphatic rings. The van der Waals surface area contributed by atoms with Gasteiger partial charge in [-0.15, -0.1) is 0 Å². The van der Waals surface area contributed by atoms with E-state index >= 15 is 0 Å². The molecule has 1 N–H and O–H groups in total. The molecule has 0 spiro atoms. The highest BCUT2D eigenvalue weighted by atomic mass is 35.5. The van der Waals surface area contributed by atoms with Crippen molar-refractivity contribution in [2.75, 3.05) is 5.32 Å². The van der Waals surface area contributed by atoms with Gasteiger partial charge in [-0.3, -0.25) is 4.79 Å². The minimum absolute atomic E-state index is 0.0921. The van der Waals surface area contributed by atoms with Crippen LogP contribution in [-0.4, -0.2) is 15.9 Å². The Morgan fingerprint density at radius 2 is 1.79 bits per heavy atom. The van der Waals surface area contributed by atoms with Crippen molar-refractivity contribution in [3.8, 4) is 11.4 Å². The lowest BCUT2D eigenvalue weighted by Crippen LogP contribution is -2.13. The Labute approximate surface area is 141 Å². The van der Waals surface area contributed by atoms with E-state index in [1.807, 2.05) is 0 Å². The molecule has 0 aliphatic heterocycles. The van der Waals surface area contributed by atoms with Crippen molar-refractivity contribution in [3.05, 3.63) is 77.1 Å². The van der Waals surface area contributed by atoms with E-state index in [0.717, 1.165) is 6.07 Å². The van der Waals surface area contributed by atoms with E-state index in [-0.39, 0.29) is 10.6 Å². The summed E-state index contributed by atoms with van der Waals surface area (Å²) in [6.45, 7) is 0. The Hall–Kier alpha value is -2.86. The van der Waals surface area contributed by atoms with E-state index in [1.54, 1.807) is 12.1 Å². The van der Waals surface area contributed by atoms with Crippen LogP contribution in [-0.2, 0) is 0 Å². The molecule has 3 aromatic rings. The van der Waals surface area contributed by atoms with Crippen LogP contribution in [0.15, 0.2) is 54.9 Å². The topological polar surface area (TPSA) is 54.9 Å². The van der Waals surface area contributed by atoms with Crippen LogP contribution in [0.4, 0.5) is 14.5 Å². The maximum Gasteiger partial charge on any atom is 0.258 e. The fourth-order valence-corrected chi connectivity index (χ4v) is 2.18. The van der Waals surface area contributed by atoms with E-state index in [1.165, 1.54) is 36.7 Å². The highest BCUT2D eigenvalue weighted by Gasteiger charge is 2.10. The molecule has 24 heavy (non-hydrogen) atoms. The van der Waals surface area contributed by atoms with Crippen molar-refractivity contribution in [2.24, 2.45) is 0 Å². The van der Waals surface area contributed by atoms with E-state index < -0.39 is 17.5 Å². The average Bonchev–Trinajstić information content (AvgIpc) is 2.58. The van der Waals surface area contributed by atoms with Crippen LogP contribution in [0, 0.1) is 11.6 Å². The second-order valence-corrected chi connectivity index (χ2v) is 5.30. The summed E-state index contributed by atoms with van der Waals surface area (Å²) in [4.78, 5) is 20.2. The fourth-order valence-electron chi connectivity index (χ4n) is 2.00. The zero-order chi connectivity index (χ0) is 17.1. The summed E-state index contributed by atoms with van der Waals surface area (Å²) in [5.41, 5.74) is 1.06. The Kier molecular flexibility index (Phi) is 4.48. The van der Waals surface area contributed by atoms with E-state index in [2.05, 4.69) is 15.3 Å². The van der Waals surface area contributed by atoms with Crippen LogP contribution in [0.1, 0.15) is 10.4 Å². The Balaban J connectivity index is 1.77. The van der Waals surface area contributed by atoms with Crippen molar-refractivity contribution >= 4 is 23.2 Å². The van der Waals surface area contributed by atoms with Crippen molar-refractivity contribution < 1.29 is 13.6 Å². The third-order valence-electron chi connectivity index (χ3n) is 3.17. The van der Waals surface area contributed by atoms with Gasteiger partial charge in [0.05, 0.1) is 10.6 Å². The van der Waals surface area contributed by atoms with Crippen molar-refractivity contribution in [1.29, 1.82) is 0 Å². The van der Waals surface area contributed by atoms with Crippen LogP contribution in [0.3, 0.4) is 0 Å². The second kappa shape index (κ2) is 6.72. The molecule has 0 saturated carbocycles. The van der Waals surface area contributed by atoms with Gasteiger partial charge in [-0.1, -0.05) is 23.7 Å². The first-order valence-corrected chi connectivity index (χ1v) is 7.25. The van der Waals surface area contributed by atoms with Gasteiger partial charge >= 0.3 is 0 Å². The molecule has 3 rings (SSSR count). The minimum atomic E-state index is -0.572. The quantitative estimate of drug-likeness (QED) is 0.768. The Bertz CT molecular complexity index is 901. The summed E-state index contributed by atoms with van der Waals surface area (Å²) in [5, 5.41) is 2.47. The summed E-state index contributed by atoms with van der Waals surface area (Å²) in [7, 11) is 0. The van der Waals surface area contributed by atoms with Gasteiger partial charge < -0.3 is 5.32 Å². The normalized spacial score (nSPS) is 10.5. The van der Waals surface area contributed by atoms with Gasteiger partial charge in [-0.05, 0) is 30.3 Å². The van der Waals surface area contributed by atoms with Gasteiger partial charge in [0.1, 0.15) is 11.6 Å². The molecule has 1 amide bonds. The highest BCUT2D eigenvalue weighted by Crippen LogP contribution is 2.20. The first kappa shape index (κ1) is 16.0. The number of carbonyl (C=O) groups excluding carboxylic acids is 1. The number of rotatable bonds is 3. The number of halogens is 3. The number of benzene rings is 2. The lowest BCUT2D eigenvalue weighted by atomic mass is 10.2. The van der Waals surface area contributed by atoms with E-state index in [4.69, 9.17) is 11.6 Å². The van der Waals surface area contributed by atoms with E-state index in [9.17, 15) is 13.6 Å². The average molecular weight is 346 g/mol. The zero-order valence-corrected chi connectivity index (χ0v) is 12.9. The summed E-state index contributed by atoms with van der Waals surface area (Å²) in [6.07, 6.45) is 2.65. The summed E-state index contributed by atoms with van der Waals surface area (Å²) in [5.74, 6) is -1.14. The van der Waals surface area contributed by atoms with Crippen molar-refractivity contribution in [3.63, 3.8) is 0 Å². The maximum atomic E-state index is 13.2. The monoisotopic (exact) mass is 345 g/mol. The number of carbonyl (C=O) groups is 1. The molecule has 0 fully saturated rings. The van der Waals surface area contributed by atoms with Crippen molar-refractivity contribution in [1.82, 2.24) is 9.97 Å². The number of aromatic nitrogens is 2. The Morgan fingerprint density at radius 1 is 1.04 bits per heavy atom. The molecular formula is C17H10ClF2N3O. The molecule has 7 heteroatoms. The minimum Gasteiger partial charge on any atom is -0.322 e. The van der Waals surface area contributed by atoms with Crippen LogP contribution < -0.4 is 5.32 Å². The van der Waals surface area contributed by atoms with Gasteiger partial charge in [0.2, 0.25) is 0 Å². The largest absolute Gasteiger partial charge is 0.322 e. The first-order chi connectivity index (χ1) is 11.5.